The Labute approximate surface area is 139 Å². The van der Waals surface area contributed by atoms with Crippen LogP contribution in [0.25, 0.3) is 5.69 Å². The van der Waals surface area contributed by atoms with Gasteiger partial charge in [-0.25, -0.2) is 4.68 Å². The molecule has 0 bridgehead atoms. The Kier molecular flexibility index (Phi) is 3.54. The molecular weight excluding hydrogens is 302 g/mol. The average molecular weight is 319 g/mol. The second kappa shape index (κ2) is 5.85. The molecule has 0 radical (unpaired) electrons. The summed E-state index contributed by atoms with van der Waals surface area (Å²) >= 11 is 0. The van der Waals surface area contributed by atoms with E-state index >= 15 is 0 Å². The number of para-hydroxylation sites is 1. The third-order valence-corrected chi connectivity index (χ3v) is 4.29. The number of fused-ring (bicyclic) bond motifs is 1. The van der Waals surface area contributed by atoms with Crippen molar-refractivity contribution in [1.82, 2.24) is 9.78 Å². The largest absolute Gasteiger partial charge is 0.504 e. The van der Waals surface area contributed by atoms with E-state index in [1.165, 1.54) is 22.0 Å². The maximum Gasteiger partial charge on any atom is 0.280 e. The molecule has 3 aromatic rings. The van der Waals surface area contributed by atoms with Crippen LogP contribution in [0, 0.1) is 0 Å². The molecule has 2 N–H and O–H groups in total. The zero-order chi connectivity index (χ0) is 16.5. The van der Waals surface area contributed by atoms with E-state index in [-0.39, 0.29) is 11.4 Å². The van der Waals surface area contributed by atoms with Crippen LogP contribution in [0.5, 0.6) is 5.75 Å². The molecule has 5 nitrogen and oxygen atoms in total. The van der Waals surface area contributed by atoms with E-state index in [1.54, 1.807) is 0 Å². The Morgan fingerprint density at radius 1 is 1.08 bits per heavy atom. The van der Waals surface area contributed by atoms with Gasteiger partial charge in [-0.05, 0) is 54.7 Å². The van der Waals surface area contributed by atoms with Crippen LogP contribution in [-0.4, -0.2) is 20.8 Å². The molecule has 0 fully saturated rings. The first-order chi connectivity index (χ1) is 11.7. The number of nitrogens with zero attached hydrogens (tertiary/aromatic N) is 2. The zero-order valence-corrected chi connectivity index (χ0v) is 13.1. The summed E-state index contributed by atoms with van der Waals surface area (Å²) in [5.41, 5.74) is 4.16. The number of amides is 1. The van der Waals surface area contributed by atoms with E-state index in [2.05, 4.69) is 16.5 Å². The molecule has 4 rings (SSSR count). The number of carbonyl (C=O) groups excluding carboxylic acids is 1. The van der Waals surface area contributed by atoms with E-state index in [4.69, 9.17) is 0 Å². The van der Waals surface area contributed by atoms with Crippen molar-refractivity contribution in [2.45, 2.75) is 19.3 Å². The van der Waals surface area contributed by atoms with Gasteiger partial charge in [0.1, 0.15) is 0 Å². The first-order valence-electron chi connectivity index (χ1n) is 7.98. The van der Waals surface area contributed by atoms with E-state index in [0.29, 0.717) is 0 Å². The molecule has 24 heavy (non-hydrogen) atoms. The van der Waals surface area contributed by atoms with Crippen LogP contribution in [0.15, 0.2) is 54.7 Å². The average Bonchev–Trinajstić information content (AvgIpc) is 3.21. The highest BCUT2D eigenvalue weighted by atomic mass is 16.3. The summed E-state index contributed by atoms with van der Waals surface area (Å²) in [5, 5.41) is 17.1. The Morgan fingerprint density at radius 2 is 1.88 bits per heavy atom. The van der Waals surface area contributed by atoms with Gasteiger partial charge in [-0.2, -0.15) is 5.10 Å². The van der Waals surface area contributed by atoms with Crippen LogP contribution in [0.3, 0.4) is 0 Å². The summed E-state index contributed by atoms with van der Waals surface area (Å²) < 4.78 is 1.49. The SMILES string of the molecule is O=C(Nc1ccc2c(c1)CCC2)c1nn(-c2ccccc2)cc1O. The molecule has 0 atom stereocenters. The van der Waals surface area contributed by atoms with Crippen molar-refractivity contribution in [2.75, 3.05) is 5.32 Å². The second-order valence-electron chi connectivity index (χ2n) is 5.93. The smallest absolute Gasteiger partial charge is 0.280 e. The number of nitrogens with one attached hydrogen (secondary N) is 1. The Morgan fingerprint density at radius 3 is 2.71 bits per heavy atom. The lowest BCUT2D eigenvalue weighted by Gasteiger charge is -2.06. The molecule has 2 aromatic carbocycles. The summed E-state index contributed by atoms with van der Waals surface area (Å²) in [6, 6.07) is 15.3. The van der Waals surface area contributed by atoms with E-state index in [1.807, 2.05) is 42.5 Å². The van der Waals surface area contributed by atoms with Gasteiger partial charge >= 0.3 is 0 Å². The second-order valence-corrected chi connectivity index (χ2v) is 5.93. The molecule has 0 saturated heterocycles. The van der Waals surface area contributed by atoms with Crippen molar-refractivity contribution in [2.24, 2.45) is 0 Å². The number of hydrogen-bond acceptors (Lipinski definition) is 3. The van der Waals surface area contributed by atoms with Gasteiger partial charge in [0.25, 0.3) is 5.91 Å². The minimum atomic E-state index is -0.417. The number of hydrogen-bond donors (Lipinski definition) is 2. The molecule has 1 amide bonds. The van der Waals surface area contributed by atoms with Gasteiger partial charge in [0.15, 0.2) is 11.4 Å². The standard InChI is InChI=1S/C19H17N3O2/c23-17-12-22(16-7-2-1-3-8-16)21-18(17)19(24)20-15-10-9-13-5-4-6-14(13)11-15/h1-3,7-12,23H,4-6H2,(H,20,24). The lowest BCUT2D eigenvalue weighted by Crippen LogP contribution is -2.13. The molecule has 0 aliphatic heterocycles. The maximum atomic E-state index is 12.4. The lowest BCUT2D eigenvalue weighted by atomic mass is 10.1. The summed E-state index contributed by atoms with van der Waals surface area (Å²) in [7, 11) is 0. The maximum absolute atomic E-state index is 12.4. The number of aromatic nitrogens is 2. The summed E-state index contributed by atoms with van der Waals surface area (Å²) in [5.74, 6) is -0.558. The number of carbonyl (C=O) groups is 1. The van der Waals surface area contributed by atoms with Gasteiger partial charge in [0.2, 0.25) is 0 Å². The summed E-state index contributed by atoms with van der Waals surface area (Å²) in [6.07, 6.45) is 4.75. The highest BCUT2D eigenvalue weighted by Crippen LogP contribution is 2.26. The highest BCUT2D eigenvalue weighted by Gasteiger charge is 2.18. The summed E-state index contributed by atoms with van der Waals surface area (Å²) in [4.78, 5) is 12.4. The normalized spacial score (nSPS) is 12.8. The quantitative estimate of drug-likeness (QED) is 0.778. The summed E-state index contributed by atoms with van der Waals surface area (Å²) in [6.45, 7) is 0. The van der Waals surface area contributed by atoms with Crippen molar-refractivity contribution >= 4 is 11.6 Å². The van der Waals surface area contributed by atoms with E-state index in [0.717, 1.165) is 30.6 Å². The van der Waals surface area contributed by atoms with E-state index < -0.39 is 5.91 Å². The number of aryl methyl sites for hydroxylation is 2. The van der Waals surface area contributed by atoms with Gasteiger partial charge < -0.3 is 10.4 Å². The number of anilines is 1. The fourth-order valence-electron chi connectivity index (χ4n) is 3.08. The number of aromatic hydroxyl groups is 1. The Hall–Kier alpha value is -3.08. The zero-order valence-electron chi connectivity index (χ0n) is 13.1. The molecular formula is C19H17N3O2. The Balaban J connectivity index is 1.58. The van der Waals surface area contributed by atoms with Crippen LogP contribution in [-0.2, 0) is 12.8 Å². The van der Waals surface area contributed by atoms with Crippen LogP contribution in [0.4, 0.5) is 5.69 Å². The Bertz CT molecular complexity index is 900. The number of benzene rings is 2. The molecule has 0 spiro atoms. The van der Waals surface area contributed by atoms with Crippen LogP contribution in [0.1, 0.15) is 28.0 Å². The fourth-order valence-corrected chi connectivity index (χ4v) is 3.08. The van der Waals surface area contributed by atoms with Gasteiger partial charge in [-0.15, -0.1) is 0 Å². The first-order valence-corrected chi connectivity index (χ1v) is 7.98. The minimum absolute atomic E-state index is 0.0133. The molecule has 0 saturated carbocycles. The monoisotopic (exact) mass is 319 g/mol. The molecule has 120 valence electrons. The minimum Gasteiger partial charge on any atom is -0.504 e. The highest BCUT2D eigenvalue weighted by molar-refractivity contribution is 6.04. The van der Waals surface area contributed by atoms with Crippen molar-refractivity contribution < 1.29 is 9.90 Å². The van der Waals surface area contributed by atoms with Crippen molar-refractivity contribution in [3.05, 3.63) is 71.5 Å². The fraction of sp³-hybridized carbons (Fsp3) is 0.158. The van der Waals surface area contributed by atoms with Crippen LogP contribution < -0.4 is 5.32 Å². The van der Waals surface area contributed by atoms with E-state index in [9.17, 15) is 9.90 Å². The predicted molar refractivity (Wildman–Crippen MR) is 91.6 cm³/mol. The van der Waals surface area contributed by atoms with Gasteiger partial charge in [-0.3, -0.25) is 4.79 Å². The van der Waals surface area contributed by atoms with Gasteiger partial charge in [0.05, 0.1) is 11.9 Å². The predicted octanol–water partition coefficient (Wildman–Crippen LogP) is 3.32. The topological polar surface area (TPSA) is 67.2 Å². The van der Waals surface area contributed by atoms with Crippen LogP contribution in [0.2, 0.25) is 0 Å². The van der Waals surface area contributed by atoms with Gasteiger partial charge in [-0.1, -0.05) is 24.3 Å². The van der Waals surface area contributed by atoms with Crippen molar-refractivity contribution in [3.8, 4) is 11.4 Å². The third-order valence-electron chi connectivity index (χ3n) is 4.29. The molecule has 1 aliphatic carbocycles. The molecule has 5 heteroatoms. The molecule has 1 aromatic heterocycles. The number of rotatable bonds is 3. The molecule has 0 unspecified atom stereocenters. The third kappa shape index (κ3) is 2.65. The van der Waals surface area contributed by atoms with Crippen molar-refractivity contribution in [1.29, 1.82) is 0 Å². The van der Waals surface area contributed by atoms with Crippen LogP contribution >= 0.6 is 0 Å². The van der Waals surface area contributed by atoms with Gasteiger partial charge in [0, 0.05) is 5.69 Å². The first kappa shape index (κ1) is 14.5. The lowest BCUT2D eigenvalue weighted by molar-refractivity contribution is 0.101. The molecule has 1 aliphatic rings. The molecule has 1 heterocycles. The van der Waals surface area contributed by atoms with Crippen molar-refractivity contribution in [3.63, 3.8) is 0 Å².